The largest absolute Gasteiger partial charge is 0.459 e. The summed E-state index contributed by atoms with van der Waals surface area (Å²) in [6.07, 6.45) is -5.19. The maximum atomic E-state index is 11.5. The second-order valence-corrected chi connectivity index (χ2v) is 4.85. The Morgan fingerprint density at radius 2 is 0.958 bits per heavy atom. The predicted octanol–water partition coefficient (Wildman–Crippen LogP) is -1.30. The van der Waals surface area contributed by atoms with Crippen LogP contribution in [0, 0.1) is 0 Å². The van der Waals surface area contributed by atoms with Gasteiger partial charge >= 0.3 is 23.9 Å². The van der Waals surface area contributed by atoms with Crippen molar-refractivity contribution in [1.29, 1.82) is 0 Å². The summed E-state index contributed by atoms with van der Waals surface area (Å²) in [4.78, 5) is 45.1. The first-order chi connectivity index (χ1) is 11.1. The average molecular weight is 350 g/mol. The van der Waals surface area contributed by atoms with Crippen molar-refractivity contribution in [3.05, 3.63) is 0 Å². The number of rotatable bonds is 9. The molecule has 0 saturated carbocycles. The van der Waals surface area contributed by atoms with Crippen molar-refractivity contribution in [2.45, 2.75) is 52.1 Å². The van der Waals surface area contributed by atoms with Crippen LogP contribution in [0.3, 0.4) is 0 Å². The van der Waals surface area contributed by atoms with Crippen LogP contribution in [0.2, 0.25) is 0 Å². The highest BCUT2D eigenvalue weighted by Gasteiger charge is 2.23. The Labute approximate surface area is 138 Å². The highest BCUT2D eigenvalue weighted by Crippen LogP contribution is 2.00. The Morgan fingerprint density at radius 3 is 1.21 bits per heavy atom. The second-order valence-electron chi connectivity index (χ2n) is 4.85. The third kappa shape index (κ3) is 8.44. The van der Waals surface area contributed by atoms with Crippen LogP contribution < -0.4 is 0 Å². The lowest BCUT2D eigenvalue weighted by atomic mass is 10.4. The number of hydrogen-bond acceptors (Lipinski definition) is 10. The van der Waals surface area contributed by atoms with Gasteiger partial charge in [0.15, 0.2) is 12.2 Å². The normalized spacial score (nSPS) is 15.4. The van der Waals surface area contributed by atoms with E-state index in [1.807, 2.05) is 0 Å². The first-order valence-electron chi connectivity index (χ1n) is 7.16. The van der Waals surface area contributed by atoms with Crippen molar-refractivity contribution in [2.24, 2.45) is 0 Å². The minimum Gasteiger partial charge on any atom is -0.459 e. The number of esters is 4. The van der Waals surface area contributed by atoms with E-state index in [4.69, 9.17) is 19.7 Å². The van der Waals surface area contributed by atoms with Gasteiger partial charge in [-0.25, -0.2) is 19.2 Å². The molecule has 0 aliphatic rings. The lowest BCUT2D eigenvalue weighted by molar-refractivity contribution is -0.175. The molecule has 0 saturated heterocycles. The number of carbonyl (C=O) groups is 4. The fraction of sp³-hybridized carbons (Fsp3) is 0.714. The summed E-state index contributed by atoms with van der Waals surface area (Å²) in [5.74, 6) is -3.71. The van der Waals surface area contributed by atoms with Crippen molar-refractivity contribution >= 4 is 23.9 Å². The molecule has 0 aliphatic heterocycles. The molecule has 0 amide bonds. The second kappa shape index (κ2) is 10.6. The van der Waals surface area contributed by atoms with Crippen molar-refractivity contribution in [3.63, 3.8) is 0 Å². The zero-order valence-corrected chi connectivity index (χ0v) is 13.9. The molecule has 0 aliphatic carbocycles. The van der Waals surface area contributed by atoms with Crippen LogP contribution in [0.5, 0.6) is 0 Å². The Kier molecular flexibility index (Phi) is 9.58. The third-order valence-electron chi connectivity index (χ3n) is 2.50. The number of carbonyl (C=O) groups excluding carboxylic acids is 4. The van der Waals surface area contributed by atoms with E-state index in [1.54, 1.807) is 0 Å². The third-order valence-corrected chi connectivity index (χ3v) is 2.50. The van der Waals surface area contributed by atoms with Gasteiger partial charge in [-0.05, 0) is 27.7 Å². The van der Waals surface area contributed by atoms with Gasteiger partial charge in [-0.2, -0.15) is 0 Å². The van der Waals surface area contributed by atoms with Gasteiger partial charge in [0.2, 0.25) is 0 Å². The van der Waals surface area contributed by atoms with E-state index in [2.05, 4.69) is 9.47 Å². The van der Waals surface area contributed by atoms with Crippen LogP contribution >= 0.6 is 0 Å². The molecular weight excluding hydrogens is 328 g/mol. The van der Waals surface area contributed by atoms with Crippen LogP contribution in [-0.2, 0) is 38.1 Å². The maximum absolute atomic E-state index is 11.5. The fourth-order valence-electron chi connectivity index (χ4n) is 1.16. The van der Waals surface area contributed by atoms with Gasteiger partial charge in [-0.1, -0.05) is 0 Å². The van der Waals surface area contributed by atoms with E-state index in [1.165, 1.54) is 27.7 Å². The number of hydrogen-bond donors (Lipinski definition) is 2. The van der Waals surface area contributed by atoms with Crippen LogP contribution in [-0.4, -0.2) is 71.7 Å². The minimum atomic E-state index is -1.37. The molecule has 10 nitrogen and oxygen atoms in total. The molecule has 0 spiro atoms. The Morgan fingerprint density at radius 1 is 0.667 bits per heavy atom. The van der Waals surface area contributed by atoms with E-state index in [0.29, 0.717) is 0 Å². The van der Waals surface area contributed by atoms with Crippen LogP contribution in [0.4, 0.5) is 0 Å². The number of ether oxygens (including phenoxy) is 4. The summed E-state index contributed by atoms with van der Waals surface area (Å²) in [5, 5.41) is 17.9. The SMILES string of the molecule is CC(O)C(=O)O[C@@H](C)C(=O)OCCOC(=O)C(C)OC(=O)[C@@H](C)O. The highest BCUT2D eigenvalue weighted by atomic mass is 16.6. The molecule has 2 unspecified atom stereocenters. The van der Waals surface area contributed by atoms with Gasteiger partial charge in [0, 0.05) is 0 Å². The van der Waals surface area contributed by atoms with Crippen molar-refractivity contribution < 1.29 is 48.3 Å². The molecule has 0 aromatic rings. The summed E-state index contributed by atoms with van der Waals surface area (Å²) in [6.45, 7) is 4.27. The zero-order chi connectivity index (χ0) is 18.9. The lowest BCUT2D eigenvalue weighted by Gasteiger charge is -2.15. The van der Waals surface area contributed by atoms with E-state index in [0.717, 1.165) is 0 Å². The van der Waals surface area contributed by atoms with E-state index in [-0.39, 0.29) is 13.2 Å². The molecule has 2 N–H and O–H groups in total. The fourth-order valence-corrected chi connectivity index (χ4v) is 1.16. The number of aliphatic hydroxyl groups excluding tert-OH is 2. The molecule has 0 rings (SSSR count). The van der Waals surface area contributed by atoms with Crippen LogP contribution in [0.15, 0.2) is 0 Å². The summed E-state index contributed by atoms with van der Waals surface area (Å²) < 4.78 is 18.6. The summed E-state index contributed by atoms with van der Waals surface area (Å²) in [6, 6.07) is 0. The highest BCUT2D eigenvalue weighted by molar-refractivity contribution is 5.81. The molecule has 24 heavy (non-hydrogen) atoms. The smallest absolute Gasteiger partial charge is 0.347 e. The molecule has 0 heterocycles. The van der Waals surface area contributed by atoms with Gasteiger partial charge in [0.1, 0.15) is 25.4 Å². The first kappa shape index (κ1) is 21.8. The molecule has 0 aromatic carbocycles. The van der Waals surface area contributed by atoms with E-state index < -0.39 is 48.3 Å². The standard InChI is InChI=1S/C14H22O10/c1-7(15)11(17)23-9(3)13(19)21-5-6-22-14(20)10(4)24-12(18)8(2)16/h7-10,15-16H,5-6H2,1-4H3/t7-,8?,9?,10+/m1/s1. The molecule has 0 radical (unpaired) electrons. The summed E-state index contributed by atoms with van der Waals surface area (Å²) in [5.41, 5.74) is 0. The molecule has 0 fully saturated rings. The monoisotopic (exact) mass is 350 g/mol. The molecule has 138 valence electrons. The van der Waals surface area contributed by atoms with Crippen LogP contribution in [0.1, 0.15) is 27.7 Å². The Bertz CT molecular complexity index is 414. The molecule has 4 atom stereocenters. The molecule has 0 aromatic heterocycles. The maximum Gasteiger partial charge on any atom is 0.347 e. The van der Waals surface area contributed by atoms with Gasteiger partial charge in [-0.15, -0.1) is 0 Å². The van der Waals surface area contributed by atoms with Gasteiger partial charge < -0.3 is 29.2 Å². The lowest BCUT2D eigenvalue weighted by Crippen LogP contribution is -2.32. The van der Waals surface area contributed by atoms with Crippen molar-refractivity contribution in [3.8, 4) is 0 Å². The van der Waals surface area contributed by atoms with E-state index in [9.17, 15) is 19.2 Å². The van der Waals surface area contributed by atoms with E-state index >= 15 is 0 Å². The zero-order valence-electron chi connectivity index (χ0n) is 13.9. The van der Waals surface area contributed by atoms with Gasteiger partial charge in [-0.3, -0.25) is 0 Å². The number of aliphatic hydroxyl groups is 2. The quantitative estimate of drug-likeness (QED) is 0.292. The minimum absolute atomic E-state index is 0.307. The molecular formula is C14H22O10. The predicted molar refractivity (Wildman–Crippen MR) is 76.4 cm³/mol. The van der Waals surface area contributed by atoms with Gasteiger partial charge in [0.25, 0.3) is 0 Å². The van der Waals surface area contributed by atoms with Gasteiger partial charge in [0.05, 0.1) is 0 Å². The topological polar surface area (TPSA) is 146 Å². The average Bonchev–Trinajstić information content (AvgIpc) is 2.50. The summed E-state index contributed by atoms with van der Waals surface area (Å²) in [7, 11) is 0. The Hall–Kier alpha value is -2.20. The first-order valence-corrected chi connectivity index (χ1v) is 7.16. The van der Waals surface area contributed by atoms with Crippen molar-refractivity contribution in [1.82, 2.24) is 0 Å². The molecule has 10 heteroatoms. The summed E-state index contributed by atoms with van der Waals surface area (Å²) >= 11 is 0. The molecule has 0 bridgehead atoms. The van der Waals surface area contributed by atoms with Crippen molar-refractivity contribution in [2.75, 3.05) is 13.2 Å². The van der Waals surface area contributed by atoms with Crippen LogP contribution in [0.25, 0.3) is 0 Å². The Balaban J connectivity index is 4.03.